The van der Waals surface area contributed by atoms with Gasteiger partial charge in [0.15, 0.2) is 6.10 Å². The van der Waals surface area contributed by atoms with E-state index in [9.17, 15) is 4.79 Å². The summed E-state index contributed by atoms with van der Waals surface area (Å²) >= 11 is 0. The Morgan fingerprint density at radius 2 is 1.89 bits per heavy atom. The van der Waals surface area contributed by atoms with Crippen molar-refractivity contribution in [2.45, 2.75) is 71.6 Å². The molecule has 1 saturated carbocycles. The molecule has 0 N–H and O–H groups in total. The van der Waals surface area contributed by atoms with E-state index in [0.717, 1.165) is 24.3 Å². The van der Waals surface area contributed by atoms with Gasteiger partial charge >= 0.3 is 0 Å². The highest BCUT2D eigenvalue weighted by Gasteiger charge is 2.39. The number of hydrogen-bond acceptors (Lipinski definition) is 3. The average molecular weight is 367 g/mol. The third kappa shape index (κ3) is 4.49. The molecule has 1 aliphatic rings. The first-order valence-electron chi connectivity index (χ1n) is 9.88. The maximum Gasteiger partial charge on any atom is 0.264 e. The fourth-order valence-corrected chi connectivity index (χ4v) is 3.64. The first-order valence-corrected chi connectivity index (χ1v) is 9.88. The zero-order valence-electron chi connectivity index (χ0n) is 17.0. The molecule has 1 heterocycles. The van der Waals surface area contributed by atoms with Crippen LogP contribution in [0.2, 0.25) is 0 Å². The molecule has 1 amide bonds. The van der Waals surface area contributed by atoms with Gasteiger partial charge < -0.3 is 9.64 Å². The molecule has 2 atom stereocenters. The molecule has 0 aliphatic heterocycles. The summed E-state index contributed by atoms with van der Waals surface area (Å²) in [7, 11) is 0. The van der Waals surface area contributed by atoms with Crippen LogP contribution in [0.1, 0.15) is 69.3 Å². The number of rotatable bonds is 7. The van der Waals surface area contributed by atoms with Gasteiger partial charge in [0.1, 0.15) is 5.75 Å². The van der Waals surface area contributed by atoms with Crippen LogP contribution in [-0.4, -0.2) is 27.9 Å². The smallest absolute Gasteiger partial charge is 0.264 e. The Balaban J connectivity index is 1.74. The summed E-state index contributed by atoms with van der Waals surface area (Å²) in [5.74, 6) is 1.25. The molecule has 1 fully saturated rings. The largest absolute Gasteiger partial charge is 0.481 e. The summed E-state index contributed by atoms with van der Waals surface area (Å²) in [6.07, 6.45) is 3.36. The zero-order chi connectivity index (χ0) is 19.6. The van der Waals surface area contributed by atoms with Gasteiger partial charge in [0.05, 0.1) is 11.7 Å². The van der Waals surface area contributed by atoms with Gasteiger partial charge in [0, 0.05) is 12.2 Å². The molecule has 0 bridgehead atoms. The third-order valence-corrected chi connectivity index (χ3v) is 5.25. The highest BCUT2D eigenvalue weighted by molar-refractivity contribution is 5.82. The van der Waals surface area contributed by atoms with Gasteiger partial charge in [-0.05, 0) is 74.9 Å². The Morgan fingerprint density at radius 3 is 2.44 bits per heavy atom. The number of ether oxygens (including phenoxy) is 1. The minimum atomic E-state index is -0.527. The van der Waals surface area contributed by atoms with E-state index in [4.69, 9.17) is 4.74 Å². The second kappa shape index (κ2) is 8.12. The van der Waals surface area contributed by atoms with Crippen molar-refractivity contribution in [2.24, 2.45) is 0 Å². The zero-order valence-corrected chi connectivity index (χ0v) is 17.0. The number of nitrogens with zero attached hydrogens (tertiary/aromatic N) is 2. The number of aromatic nitrogens is 1. The monoisotopic (exact) mass is 366 g/mol. The number of carbonyl (C=O) groups excluding carboxylic acids is 1. The van der Waals surface area contributed by atoms with Crippen LogP contribution in [-0.2, 0) is 4.79 Å². The molecule has 3 rings (SSSR count). The van der Waals surface area contributed by atoms with E-state index in [0.29, 0.717) is 12.0 Å². The molecule has 2 aromatic rings. The lowest BCUT2D eigenvalue weighted by Gasteiger charge is -2.31. The molecule has 1 aromatic heterocycles. The summed E-state index contributed by atoms with van der Waals surface area (Å²) in [6.45, 7) is 10.3. The third-order valence-electron chi connectivity index (χ3n) is 5.25. The average Bonchev–Trinajstić information content (AvgIpc) is 3.47. The highest BCUT2D eigenvalue weighted by Crippen LogP contribution is 2.35. The van der Waals surface area contributed by atoms with Gasteiger partial charge in [-0.3, -0.25) is 9.78 Å². The maximum atomic E-state index is 13.2. The van der Waals surface area contributed by atoms with Crippen molar-refractivity contribution >= 4 is 5.91 Å². The van der Waals surface area contributed by atoms with Gasteiger partial charge in [-0.15, -0.1) is 0 Å². The fourth-order valence-electron chi connectivity index (χ4n) is 3.64. The van der Waals surface area contributed by atoms with Crippen molar-refractivity contribution in [3.05, 3.63) is 59.4 Å². The lowest BCUT2D eigenvalue weighted by Crippen LogP contribution is -2.43. The van der Waals surface area contributed by atoms with E-state index >= 15 is 0 Å². The van der Waals surface area contributed by atoms with Crippen LogP contribution < -0.4 is 4.74 Å². The Hall–Kier alpha value is -2.36. The van der Waals surface area contributed by atoms with Gasteiger partial charge in [0.2, 0.25) is 0 Å². The molecule has 4 heteroatoms. The maximum absolute atomic E-state index is 13.2. The van der Waals surface area contributed by atoms with Gasteiger partial charge in [0.25, 0.3) is 5.91 Å². The summed E-state index contributed by atoms with van der Waals surface area (Å²) in [6, 6.07) is 12.2. The number of pyridine rings is 1. The number of aryl methyl sites for hydroxylation is 1. The molecular formula is C23H30N2O2. The van der Waals surface area contributed by atoms with E-state index in [1.807, 2.05) is 49.1 Å². The van der Waals surface area contributed by atoms with Crippen LogP contribution in [0.25, 0.3) is 0 Å². The molecule has 27 heavy (non-hydrogen) atoms. The molecule has 144 valence electrons. The summed E-state index contributed by atoms with van der Waals surface area (Å²) in [5, 5.41) is 0. The van der Waals surface area contributed by atoms with Gasteiger partial charge in [-0.25, -0.2) is 0 Å². The van der Waals surface area contributed by atoms with Crippen molar-refractivity contribution in [2.75, 3.05) is 0 Å². The standard InChI is InChI=1S/C23H30N2O2/c1-15(2)21-12-11-20(14-16(21)3)27-18(5)23(26)25(19-9-10-19)17(4)22-8-6-7-13-24-22/h6-8,11-15,17-19H,9-10H2,1-5H3. The molecule has 4 nitrogen and oxygen atoms in total. The predicted octanol–water partition coefficient (Wildman–Crippen LogP) is 5.03. The minimum Gasteiger partial charge on any atom is -0.481 e. The fraction of sp³-hybridized carbons (Fsp3) is 0.478. The first kappa shape index (κ1) is 19.4. The Labute approximate surface area is 162 Å². The quantitative estimate of drug-likeness (QED) is 0.690. The number of amides is 1. The van der Waals surface area contributed by atoms with Crippen LogP contribution in [0.15, 0.2) is 42.6 Å². The van der Waals surface area contributed by atoms with E-state index in [1.165, 1.54) is 11.1 Å². The summed E-state index contributed by atoms with van der Waals surface area (Å²) < 4.78 is 6.03. The first-order chi connectivity index (χ1) is 12.9. The van der Waals surface area contributed by atoms with E-state index in [2.05, 4.69) is 31.8 Å². The number of benzene rings is 1. The molecule has 0 spiro atoms. The van der Waals surface area contributed by atoms with Crippen molar-refractivity contribution in [1.82, 2.24) is 9.88 Å². The topological polar surface area (TPSA) is 42.4 Å². The van der Waals surface area contributed by atoms with Gasteiger partial charge in [-0.2, -0.15) is 0 Å². The molecule has 0 radical (unpaired) electrons. The lowest BCUT2D eigenvalue weighted by atomic mass is 9.98. The lowest BCUT2D eigenvalue weighted by molar-refractivity contribution is -0.141. The van der Waals surface area contributed by atoms with Crippen LogP contribution in [0.3, 0.4) is 0 Å². The Kier molecular flexibility index (Phi) is 5.83. The van der Waals surface area contributed by atoms with E-state index in [1.54, 1.807) is 6.20 Å². The Morgan fingerprint density at radius 1 is 1.15 bits per heavy atom. The minimum absolute atomic E-state index is 0.0289. The SMILES string of the molecule is Cc1cc(OC(C)C(=O)N(C2CC2)C(C)c2ccccn2)ccc1C(C)C. The van der Waals surface area contributed by atoms with E-state index < -0.39 is 6.10 Å². The van der Waals surface area contributed by atoms with Crippen LogP contribution >= 0.6 is 0 Å². The van der Waals surface area contributed by atoms with Crippen LogP contribution in [0.5, 0.6) is 5.75 Å². The second-order valence-electron chi connectivity index (χ2n) is 7.84. The predicted molar refractivity (Wildman–Crippen MR) is 108 cm³/mol. The highest BCUT2D eigenvalue weighted by atomic mass is 16.5. The van der Waals surface area contributed by atoms with Crippen LogP contribution in [0, 0.1) is 6.92 Å². The van der Waals surface area contributed by atoms with Gasteiger partial charge in [-0.1, -0.05) is 26.0 Å². The van der Waals surface area contributed by atoms with Crippen molar-refractivity contribution in [3.8, 4) is 5.75 Å². The molecule has 2 unspecified atom stereocenters. The van der Waals surface area contributed by atoms with E-state index in [-0.39, 0.29) is 11.9 Å². The second-order valence-corrected chi connectivity index (χ2v) is 7.84. The Bertz CT molecular complexity index is 784. The molecule has 1 aromatic carbocycles. The summed E-state index contributed by atoms with van der Waals surface area (Å²) in [5.41, 5.74) is 3.43. The van der Waals surface area contributed by atoms with Crippen molar-refractivity contribution < 1.29 is 9.53 Å². The normalized spacial score (nSPS) is 16.1. The molecular weight excluding hydrogens is 336 g/mol. The van der Waals surface area contributed by atoms with Crippen molar-refractivity contribution in [1.29, 1.82) is 0 Å². The molecule has 0 saturated heterocycles. The summed E-state index contributed by atoms with van der Waals surface area (Å²) in [4.78, 5) is 19.6. The molecule has 1 aliphatic carbocycles. The number of carbonyl (C=O) groups is 1. The number of hydrogen-bond donors (Lipinski definition) is 0. The van der Waals surface area contributed by atoms with Crippen molar-refractivity contribution in [3.63, 3.8) is 0 Å². The van der Waals surface area contributed by atoms with Crippen LogP contribution in [0.4, 0.5) is 0 Å².